The number of benzene rings is 2. The van der Waals surface area contributed by atoms with Gasteiger partial charge in [-0.25, -0.2) is 4.79 Å². The lowest BCUT2D eigenvalue weighted by molar-refractivity contribution is -0.126. The Morgan fingerprint density at radius 3 is 2.46 bits per heavy atom. The summed E-state index contributed by atoms with van der Waals surface area (Å²) in [6.07, 6.45) is -0.130. The van der Waals surface area contributed by atoms with Gasteiger partial charge in [0.25, 0.3) is 5.91 Å². The molecular weight excluding hydrogens is 334 g/mol. The molecule has 3 rings (SSSR count). The fraction of sp³-hybridized carbons (Fsp3) is 0.300. The number of amides is 1. The van der Waals surface area contributed by atoms with Crippen LogP contribution in [-0.4, -0.2) is 38.2 Å². The molecule has 0 unspecified atom stereocenters. The number of carbonyl (C=O) groups is 2. The molecule has 26 heavy (non-hydrogen) atoms. The lowest BCUT2D eigenvalue weighted by Gasteiger charge is -2.21. The zero-order valence-corrected chi connectivity index (χ0v) is 14.8. The van der Waals surface area contributed by atoms with E-state index in [1.165, 1.54) is 4.90 Å². The van der Waals surface area contributed by atoms with E-state index in [4.69, 9.17) is 14.2 Å². The van der Waals surface area contributed by atoms with Gasteiger partial charge >= 0.3 is 5.97 Å². The molecule has 0 bridgehead atoms. The number of nitrogens with zero attached hydrogens (tertiary/aromatic N) is 1. The van der Waals surface area contributed by atoms with Gasteiger partial charge in [-0.05, 0) is 37.3 Å². The summed E-state index contributed by atoms with van der Waals surface area (Å²) < 4.78 is 16.5. The van der Waals surface area contributed by atoms with Gasteiger partial charge in [0, 0.05) is 19.2 Å². The van der Waals surface area contributed by atoms with Gasteiger partial charge < -0.3 is 19.1 Å². The maximum absolute atomic E-state index is 12.5. The fourth-order valence-electron chi connectivity index (χ4n) is 2.62. The molecule has 1 aliphatic heterocycles. The van der Waals surface area contributed by atoms with E-state index in [9.17, 15) is 9.59 Å². The third-order valence-electron chi connectivity index (χ3n) is 4.09. The summed E-state index contributed by atoms with van der Waals surface area (Å²) in [5.41, 5.74) is 1.05. The monoisotopic (exact) mass is 355 g/mol. The maximum Gasteiger partial charge on any atom is 0.339 e. The van der Waals surface area contributed by atoms with Crippen molar-refractivity contribution in [3.63, 3.8) is 0 Å². The van der Waals surface area contributed by atoms with Gasteiger partial charge in [-0.3, -0.25) is 4.79 Å². The van der Waals surface area contributed by atoms with Crippen LogP contribution in [0.1, 0.15) is 23.7 Å². The van der Waals surface area contributed by atoms with E-state index in [0.29, 0.717) is 30.3 Å². The van der Waals surface area contributed by atoms with E-state index in [1.807, 2.05) is 30.3 Å². The summed E-state index contributed by atoms with van der Waals surface area (Å²) >= 11 is 0. The third kappa shape index (κ3) is 3.96. The van der Waals surface area contributed by atoms with Crippen LogP contribution in [0, 0.1) is 0 Å². The van der Waals surface area contributed by atoms with E-state index >= 15 is 0 Å². The van der Waals surface area contributed by atoms with Gasteiger partial charge in [0.2, 0.25) is 0 Å². The second kappa shape index (κ2) is 7.91. The van der Waals surface area contributed by atoms with Crippen LogP contribution in [0.3, 0.4) is 0 Å². The SMILES string of the molecule is C[C@@H](OC(=O)c1ccc2c(c1)OCCCO2)C(=O)N(C)c1ccccc1. The van der Waals surface area contributed by atoms with Crippen LogP contribution in [0.15, 0.2) is 48.5 Å². The first kappa shape index (κ1) is 17.8. The fourth-order valence-corrected chi connectivity index (χ4v) is 2.62. The molecule has 0 spiro atoms. The van der Waals surface area contributed by atoms with Crippen LogP contribution in [-0.2, 0) is 9.53 Å². The predicted molar refractivity (Wildman–Crippen MR) is 96.8 cm³/mol. The molecule has 0 saturated carbocycles. The second-order valence-electron chi connectivity index (χ2n) is 5.99. The Bertz CT molecular complexity index is 790. The Morgan fingerprint density at radius 1 is 1.04 bits per heavy atom. The van der Waals surface area contributed by atoms with Crippen molar-refractivity contribution in [2.24, 2.45) is 0 Å². The smallest absolute Gasteiger partial charge is 0.339 e. The Hall–Kier alpha value is -3.02. The average Bonchev–Trinajstić information content (AvgIpc) is 2.92. The van der Waals surface area contributed by atoms with Crippen molar-refractivity contribution in [2.75, 3.05) is 25.2 Å². The van der Waals surface area contributed by atoms with Gasteiger partial charge in [0.1, 0.15) is 0 Å². The molecule has 0 N–H and O–H groups in total. The number of anilines is 1. The number of likely N-dealkylation sites (N-methyl/N-ethyl adjacent to an activating group) is 1. The molecule has 1 atom stereocenters. The normalized spacial score (nSPS) is 14.1. The van der Waals surface area contributed by atoms with Gasteiger partial charge in [-0.2, -0.15) is 0 Å². The molecule has 1 heterocycles. The summed E-state index contributed by atoms with van der Waals surface area (Å²) in [5.74, 6) is 0.228. The Balaban J connectivity index is 1.67. The Kier molecular flexibility index (Phi) is 5.41. The standard InChI is InChI=1S/C20H21NO5/c1-14(19(22)21(2)16-7-4-3-5-8-16)26-20(23)15-9-10-17-18(13-15)25-12-6-11-24-17/h3-5,7-10,13-14H,6,11-12H2,1-2H3/t14-/m1/s1. The lowest BCUT2D eigenvalue weighted by atomic mass is 10.2. The molecule has 0 aromatic heterocycles. The zero-order valence-electron chi connectivity index (χ0n) is 14.8. The van der Waals surface area contributed by atoms with Crippen LogP contribution in [0.4, 0.5) is 5.69 Å². The second-order valence-corrected chi connectivity index (χ2v) is 5.99. The van der Waals surface area contributed by atoms with Gasteiger partial charge in [0.05, 0.1) is 18.8 Å². The number of fused-ring (bicyclic) bond motifs is 1. The van der Waals surface area contributed by atoms with Crippen molar-refractivity contribution in [1.82, 2.24) is 0 Å². The van der Waals surface area contributed by atoms with Crippen LogP contribution < -0.4 is 14.4 Å². The number of ether oxygens (including phenoxy) is 3. The van der Waals surface area contributed by atoms with Gasteiger partial charge in [-0.1, -0.05) is 18.2 Å². The summed E-state index contributed by atoms with van der Waals surface area (Å²) in [7, 11) is 1.65. The van der Waals surface area contributed by atoms with Crippen LogP contribution >= 0.6 is 0 Å². The molecule has 0 saturated heterocycles. The highest BCUT2D eigenvalue weighted by Gasteiger charge is 2.24. The molecule has 6 nitrogen and oxygen atoms in total. The molecule has 1 amide bonds. The summed E-state index contributed by atoms with van der Waals surface area (Å²) in [6.45, 7) is 2.67. The number of carbonyl (C=O) groups excluding carboxylic acids is 2. The van der Waals surface area contributed by atoms with E-state index < -0.39 is 12.1 Å². The molecule has 2 aromatic carbocycles. The molecule has 0 fully saturated rings. The minimum atomic E-state index is -0.913. The number of rotatable bonds is 4. The van der Waals surface area contributed by atoms with Crippen LogP contribution in [0.2, 0.25) is 0 Å². The lowest BCUT2D eigenvalue weighted by Crippen LogP contribution is -2.37. The average molecular weight is 355 g/mol. The summed E-state index contributed by atoms with van der Waals surface area (Å²) in [5, 5.41) is 0. The first-order valence-corrected chi connectivity index (χ1v) is 8.49. The van der Waals surface area contributed by atoms with Crippen molar-refractivity contribution < 1.29 is 23.8 Å². The van der Waals surface area contributed by atoms with Gasteiger partial charge in [0.15, 0.2) is 17.6 Å². The van der Waals surface area contributed by atoms with E-state index in [-0.39, 0.29) is 5.91 Å². The highest BCUT2D eigenvalue weighted by atomic mass is 16.5. The molecule has 0 aliphatic carbocycles. The van der Waals surface area contributed by atoms with E-state index in [2.05, 4.69) is 0 Å². The minimum absolute atomic E-state index is 0.307. The first-order chi connectivity index (χ1) is 12.6. The number of hydrogen-bond acceptors (Lipinski definition) is 5. The quantitative estimate of drug-likeness (QED) is 0.789. The van der Waals surface area contributed by atoms with Crippen molar-refractivity contribution in [3.05, 3.63) is 54.1 Å². The minimum Gasteiger partial charge on any atom is -0.490 e. The topological polar surface area (TPSA) is 65.1 Å². The molecule has 6 heteroatoms. The predicted octanol–water partition coefficient (Wildman–Crippen LogP) is 3.06. The molecule has 2 aromatic rings. The summed E-state index contributed by atoms with van der Waals surface area (Å²) in [4.78, 5) is 26.4. The number of hydrogen-bond donors (Lipinski definition) is 0. The van der Waals surface area contributed by atoms with Crippen molar-refractivity contribution in [3.8, 4) is 11.5 Å². The molecule has 136 valence electrons. The van der Waals surface area contributed by atoms with Crippen molar-refractivity contribution in [2.45, 2.75) is 19.4 Å². The third-order valence-corrected chi connectivity index (χ3v) is 4.09. The molecular formula is C20H21NO5. The van der Waals surface area contributed by atoms with Crippen molar-refractivity contribution >= 4 is 17.6 Å². The van der Waals surface area contributed by atoms with Crippen LogP contribution in [0.25, 0.3) is 0 Å². The highest BCUT2D eigenvalue weighted by Crippen LogP contribution is 2.30. The Morgan fingerprint density at radius 2 is 1.73 bits per heavy atom. The largest absolute Gasteiger partial charge is 0.490 e. The highest BCUT2D eigenvalue weighted by molar-refractivity contribution is 5.98. The first-order valence-electron chi connectivity index (χ1n) is 8.49. The zero-order chi connectivity index (χ0) is 18.5. The number of para-hydroxylation sites is 1. The van der Waals surface area contributed by atoms with E-state index in [0.717, 1.165) is 12.1 Å². The molecule has 0 radical (unpaired) electrons. The number of esters is 1. The van der Waals surface area contributed by atoms with Crippen molar-refractivity contribution in [1.29, 1.82) is 0 Å². The summed E-state index contributed by atoms with van der Waals surface area (Å²) in [6, 6.07) is 14.1. The van der Waals surface area contributed by atoms with Crippen LogP contribution in [0.5, 0.6) is 11.5 Å². The van der Waals surface area contributed by atoms with Gasteiger partial charge in [-0.15, -0.1) is 0 Å². The maximum atomic E-state index is 12.5. The van der Waals surface area contributed by atoms with E-state index in [1.54, 1.807) is 32.2 Å². The Labute approximate surface area is 152 Å². The molecule has 1 aliphatic rings.